The van der Waals surface area contributed by atoms with Gasteiger partial charge < -0.3 is 9.84 Å². The van der Waals surface area contributed by atoms with Crippen molar-refractivity contribution >= 4 is 18.1 Å². The van der Waals surface area contributed by atoms with Gasteiger partial charge in [0.2, 0.25) is 12.2 Å². The zero-order chi connectivity index (χ0) is 17.9. The molecule has 7 nitrogen and oxygen atoms in total. The molecule has 0 aliphatic carbocycles. The Hall–Kier alpha value is -2.07. The van der Waals surface area contributed by atoms with Gasteiger partial charge in [0.25, 0.3) is 0 Å². The molecule has 0 saturated carbocycles. The molecular weight excluding hydrogens is 300 g/mol. The number of hydrogen-bond donors (Lipinski definition) is 1. The molecule has 7 heteroatoms. The van der Waals surface area contributed by atoms with Crippen LogP contribution in [0.2, 0.25) is 0 Å². The van der Waals surface area contributed by atoms with Gasteiger partial charge in [-0.15, -0.1) is 0 Å². The van der Waals surface area contributed by atoms with Gasteiger partial charge in [-0.3, -0.25) is 0 Å². The number of ether oxygens (including phenoxy) is 1. The molecule has 0 rings (SSSR count). The summed E-state index contributed by atoms with van der Waals surface area (Å²) in [6.07, 6.45) is 5.52. The number of nitrogens with zero attached hydrogens (tertiary/aromatic N) is 2. The van der Waals surface area contributed by atoms with Gasteiger partial charge in [-0.2, -0.15) is 9.98 Å². The van der Waals surface area contributed by atoms with Crippen LogP contribution in [0.5, 0.6) is 0 Å². The molecule has 0 aromatic heterocycles. The zero-order valence-electron chi connectivity index (χ0n) is 14.1. The Morgan fingerprint density at radius 3 is 2.35 bits per heavy atom. The molecule has 0 fully saturated rings. The van der Waals surface area contributed by atoms with Crippen molar-refractivity contribution in [3.63, 3.8) is 0 Å². The molecule has 0 bridgehead atoms. The first-order chi connectivity index (χ1) is 10.9. The second-order valence-corrected chi connectivity index (χ2v) is 5.73. The molecule has 0 aliphatic rings. The van der Waals surface area contributed by atoms with E-state index in [0.717, 1.165) is 19.3 Å². The minimum atomic E-state index is -0.938. The maximum atomic E-state index is 12.0. The first-order valence-corrected chi connectivity index (χ1v) is 7.55. The van der Waals surface area contributed by atoms with E-state index >= 15 is 0 Å². The van der Waals surface area contributed by atoms with E-state index in [2.05, 4.69) is 16.9 Å². The van der Waals surface area contributed by atoms with E-state index in [4.69, 9.17) is 9.84 Å². The van der Waals surface area contributed by atoms with Gasteiger partial charge in [0.15, 0.2) is 5.70 Å². The van der Waals surface area contributed by atoms with Crippen LogP contribution in [0.4, 0.5) is 0 Å². The SMILES string of the molecule is CCCCC(C)C(C)(C)/C(N=C=O)=C(\N=C=O)C(=O)OCCO. The van der Waals surface area contributed by atoms with Crippen LogP contribution >= 0.6 is 0 Å². The van der Waals surface area contributed by atoms with Crippen LogP contribution in [0.15, 0.2) is 21.4 Å². The van der Waals surface area contributed by atoms with Crippen LogP contribution in [-0.2, 0) is 19.1 Å². The first kappa shape index (κ1) is 20.9. The lowest BCUT2D eigenvalue weighted by molar-refractivity contribution is -0.140. The minimum absolute atomic E-state index is 0.0300. The van der Waals surface area contributed by atoms with Crippen LogP contribution in [0.3, 0.4) is 0 Å². The third-order valence-corrected chi connectivity index (χ3v) is 3.89. The molecule has 0 spiro atoms. The van der Waals surface area contributed by atoms with E-state index in [1.54, 1.807) is 0 Å². The van der Waals surface area contributed by atoms with Crippen LogP contribution in [0.1, 0.15) is 47.0 Å². The van der Waals surface area contributed by atoms with Crippen molar-refractivity contribution in [1.29, 1.82) is 0 Å². The molecular formula is C16H24N2O5. The van der Waals surface area contributed by atoms with Crippen molar-refractivity contribution in [2.45, 2.75) is 47.0 Å². The molecule has 1 atom stereocenters. The topological polar surface area (TPSA) is 105 Å². The van der Waals surface area contributed by atoms with Crippen molar-refractivity contribution in [2.24, 2.45) is 21.3 Å². The Bertz CT molecular complexity index is 527. The molecule has 0 aliphatic heterocycles. The number of aliphatic hydroxyl groups excluding tert-OH is 1. The second-order valence-electron chi connectivity index (χ2n) is 5.73. The Kier molecular flexibility index (Phi) is 9.67. The molecule has 1 N–H and O–H groups in total. The predicted octanol–water partition coefficient (Wildman–Crippen LogP) is 2.26. The predicted molar refractivity (Wildman–Crippen MR) is 83.8 cm³/mol. The van der Waals surface area contributed by atoms with Crippen LogP contribution in [0, 0.1) is 11.3 Å². The van der Waals surface area contributed by atoms with Gasteiger partial charge in [-0.25, -0.2) is 14.4 Å². The molecule has 1 unspecified atom stereocenters. The van der Waals surface area contributed by atoms with E-state index in [0.29, 0.717) is 0 Å². The fourth-order valence-electron chi connectivity index (χ4n) is 2.10. The molecule has 0 radical (unpaired) electrons. The summed E-state index contributed by atoms with van der Waals surface area (Å²) in [4.78, 5) is 40.5. The Balaban J connectivity index is 5.95. The molecule has 0 amide bonds. The average molecular weight is 324 g/mol. The summed E-state index contributed by atoms with van der Waals surface area (Å²) < 4.78 is 4.78. The number of unbranched alkanes of at least 4 members (excludes halogenated alkanes) is 1. The summed E-state index contributed by atoms with van der Waals surface area (Å²) in [5, 5.41) is 8.73. The fraction of sp³-hybridized carbons (Fsp3) is 0.688. The molecule has 23 heavy (non-hydrogen) atoms. The zero-order valence-corrected chi connectivity index (χ0v) is 14.1. The highest BCUT2D eigenvalue weighted by atomic mass is 16.5. The van der Waals surface area contributed by atoms with Gasteiger partial charge in [0.1, 0.15) is 6.61 Å². The molecule has 0 heterocycles. The maximum Gasteiger partial charge on any atom is 0.359 e. The third-order valence-electron chi connectivity index (χ3n) is 3.89. The minimum Gasteiger partial charge on any atom is -0.458 e. The number of carbonyl (C=O) groups excluding carboxylic acids is 3. The lowest BCUT2D eigenvalue weighted by atomic mass is 9.74. The Morgan fingerprint density at radius 2 is 1.87 bits per heavy atom. The highest BCUT2D eigenvalue weighted by Crippen LogP contribution is 2.40. The van der Waals surface area contributed by atoms with Gasteiger partial charge in [-0.05, 0) is 12.3 Å². The van der Waals surface area contributed by atoms with E-state index in [1.165, 1.54) is 12.2 Å². The summed E-state index contributed by atoms with van der Waals surface area (Å²) in [6, 6.07) is 0. The Labute approximate surface area is 136 Å². The summed E-state index contributed by atoms with van der Waals surface area (Å²) in [5.41, 5.74) is -1.06. The quantitative estimate of drug-likeness (QED) is 0.287. The second kappa shape index (κ2) is 10.6. The number of hydrogen-bond acceptors (Lipinski definition) is 7. The maximum absolute atomic E-state index is 12.0. The number of isocyanates is 2. The van der Waals surface area contributed by atoms with E-state index < -0.39 is 11.4 Å². The van der Waals surface area contributed by atoms with Crippen molar-refractivity contribution in [3.8, 4) is 0 Å². The molecule has 0 saturated heterocycles. The van der Waals surface area contributed by atoms with Crippen molar-refractivity contribution in [1.82, 2.24) is 0 Å². The fourth-order valence-corrected chi connectivity index (χ4v) is 2.10. The summed E-state index contributed by atoms with van der Waals surface area (Å²) >= 11 is 0. The molecule has 0 aromatic rings. The van der Waals surface area contributed by atoms with Gasteiger partial charge in [0.05, 0.1) is 12.3 Å². The van der Waals surface area contributed by atoms with Gasteiger partial charge in [-0.1, -0.05) is 40.5 Å². The van der Waals surface area contributed by atoms with E-state index in [1.807, 2.05) is 20.8 Å². The highest BCUT2D eigenvalue weighted by molar-refractivity contribution is 5.90. The molecule has 0 aromatic carbocycles. The van der Waals surface area contributed by atoms with Crippen molar-refractivity contribution in [2.75, 3.05) is 13.2 Å². The lowest BCUT2D eigenvalue weighted by Crippen LogP contribution is -2.26. The van der Waals surface area contributed by atoms with Gasteiger partial charge in [0, 0.05) is 5.41 Å². The number of allylic oxidation sites excluding steroid dienone is 1. The number of aliphatic hydroxyl groups is 1. The van der Waals surface area contributed by atoms with Crippen LogP contribution in [-0.4, -0.2) is 36.4 Å². The summed E-state index contributed by atoms with van der Waals surface area (Å²) in [7, 11) is 0. The van der Waals surface area contributed by atoms with Crippen molar-refractivity contribution < 1.29 is 24.2 Å². The smallest absolute Gasteiger partial charge is 0.359 e. The summed E-state index contributed by atoms with van der Waals surface area (Å²) in [5.74, 6) is -0.871. The monoisotopic (exact) mass is 324 g/mol. The highest BCUT2D eigenvalue weighted by Gasteiger charge is 2.35. The van der Waals surface area contributed by atoms with Gasteiger partial charge >= 0.3 is 5.97 Å². The number of carbonyl (C=O) groups is 1. The Morgan fingerprint density at radius 1 is 1.26 bits per heavy atom. The largest absolute Gasteiger partial charge is 0.458 e. The normalized spacial score (nSPS) is 13.3. The summed E-state index contributed by atoms with van der Waals surface area (Å²) in [6.45, 7) is 7.03. The number of rotatable bonds is 10. The number of esters is 1. The number of aliphatic imine (C=N–C) groups is 2. The van der Waals surface area contributed by atoms with Crippen LogP contribution < -0.4 is 0 Å². The lowest BCUT2D eigenvalue weighted by Gasteiger charge is -2.32. The third kappa shape index (κ3) is 6.28. The van der Waals surface area contributed by atoms with Crippen LogP contribution in [0.25, 0.3) is 0 Å². The first-order valence-electron chi connectivity index (χ1n) is 7.55. The van der Waals surface area contributed by atoms with Crippen molar-refractivity contribution in [3.05, 3.63) is 11.4 Å². The standard InChI is InChI=1S/C16H24N2O5/c1-5-6-7-12(2)16(3,4)14(18-11-21)13(17-10-20)15(22)23-9-8-19/h12,19H,5-9H2,1-4H3/b14-13+. The average Bonchev–Trinajstić information content (AvgIpc) is 2.53. The van der Waals surface area contributed by atoms with E-state index in [-0.39, 0.29) is 30.5 Å². The van der Waals surface area contributed by atoms with E-state index in [9.17, 15) is 14.4 Å². The molecule has 128 valence electrons.